The van der Waals surface area contributed by atoms with Gasteiger partial charge in [-0.3, -0.25) is 0 Å². The van der Waals surface area contributed by atoms with Crippen molar-refractivity contribution in [2.24, 2.45) is 0 Å². The molecule has 0 bridgehead atoms. The van der Waals surface area contributed by atoms with Crippen LogP contribution in [0.5, 0.6) is 0 Å². The standard InChI is InChI=1S/C8H9F3N2O4S/c1-4(8(9,10)11)13-18(16,17)5-2-3-12-6(5)7(14)15/h2-4,12-13H,1H3,(H,14,15)/t4-/m0/s1. The second-order valence-corrected chi connectivity index (χ2v) is 5.09. The minimum absolute atomic E-state index is 0.616. The van der Waals surface area contributed by atoms with Gasteiger partial charge in [-0.05, 0) is 13.0 Å². The summed E-state index contributed by atoms with van der Waals surface area (Å²) in [6.07, 6.45) is -3.75. The van der Waals surface area contributed by atoms with Crippen molar-refractivity contribution in [1.82, 2.24) is 9.71 Å². The van der Waals surface area contributed by atoms with E-state index in [2.05, 4.69) is 4.98 Å². The summed E-state index contributed by atoms with van der Waals surface area (Å²) in [5.41, 5.74) is -0.697. The molecule has 1 rings (SSSR count). The van der Waals surface area contributed by atoms with Crippen LogP contribution in [0.3, 0.4) is 0 Å². The quantitative estimate of drug-likeness (QED) is 0.767. The second-order valence-electron chi connectivity index (χ2n) is 3.41. The normalized spacial score (nSPS) is 14.4. The SMILES string of the molecule is C[C@H](NS(=O)(=O)c1cc[nH]c1C(=O)O)C(F)(F)F. The first kappa shape index (κ1) is 14.5. The Morgan fingerprint density at radius 2 is 2.06 bits per heavy atom. The Balaban J connectivity index is 3.08. The molecule has 0 aromatic carbocycles. The van der Waals surface area contributed by atoms with E-state index in [-0.39, 0.29) is 0 Å². The Hall–Kier alpha value is -1.55. The molecular weight excluding hydrogens is 277 g/mol. The number of H-pyrrole nitrogens is 1. The number of nitrogens with one attached hydrogen (secondary N) is 2. The van der Waals surface area contributed by atoms with Crippen molar-refractivity contribution in [3.63, 3.8) is 0 Å². The fourth-order valence-corrected chi connectivity index (χ4v) is 2.50. The van der Waals surface area contributed by atoms with Crippen LogP contribution in [-0.2, 0) is 10.0 Å². The molecule has 0 aliphatic carbocycles. The molecule has 3 N–H and O–H groups in total. The average molecular weight is 286 g/mol. The molecule has 1 atom stereocenters. The first-order valence-electron chi connectivity index (χ1n) is 4.55. The number of aromatic carboxylic acids is 1. The van der Waals surface area contributed by atoms with Crippen molar-refractivity contribution in [3.05, 3.63) is 18.0 Å². The summed E-state index contributed by atoms with van der Waals surface area (Å²) in [5, 5.41) is 8.67. The zero-order chi connectivity index (χ0) is 14.1. The van der Waals surface area contributed by atoms with Crippen LogP contribution in [0.4, 0.5) is 13.2 Å². The van der Waals surface area contributed by atoms with E-state index in [1.54, 1.807) is 0 Å². The number of hydrogen-bond acceptors (Lipinski definition) is 3. The highest BCUT2D eigenvalue weighted by Gasteiger charge is 2.39. The van der Waals surface area contributed by atoms with Gasteiger partial charge in [-0.25, -0.2) is 13.2 Å². The molecule has 1 aromatic rings. The topological polar surface area (TPSA) is 99.3 Å². The van der Waals surface area contributed by atoms with Gasteiger partial charge in [0.1, 0.15) is 16.6 Å². The molecule has 10 heteroatoms. The molecule has 0 radical (unpaired) electrons. The number of carboxylic acid groups (broad SMARTS) is 1. The number of halogens is 3. The summed E-state index contributed by atoms with van der Waals surface area (Å²) >= 11 is 0. The zero-order valence-corrected chi connectivity index (χ0v) is 9.76. The van der Waals surface area contributed by atoms with Crippen LogP contribution >= 0.6 is 0 Å². The van der Waals surface area contributed by atoms with Crippen LogP contribution in [0.25, 0.3) is 0 Å². The lowest BCUT2D eigenvalue weighted by atomic mass is 10.4. The van der Waals surface area contributed by atoms with E-state index in [0.717, 1.165) is 12.3 Å². The van der Waals surface area contributed by atoms with Crippen molar-refractivity contribution in [1.29, 1.82) is 0 Å². The molecule has 0 aliphatic rings. The highest BCUT2D eigenvalue weighted by atomic mass is 32.2. The molecule has 6 nitrogen and oxygen atoms in total. The average Bonchev–Trinajstić information content (AvgIpc) is 2.63. The maximum Gasteiger partial charge on any atom is 0.404 e. The fraction of sp³-hybridized carbons (Fsp3) is 0.375. The Morgan fingerprint density at radius 1 is 1.50 bits per heavy atom. The molecule has 0 saturated carbocycles. The molecule has 0 amide bonds. The van der Waals surface area contributed by atoms with E-state index in [9.17, 15) is 26.4 Å². The Kier molecular flexibility index (Phi) is 3.72. The number of aromatic nitrogens is 1. The molecule has 0 spiro atoms. The molecule has 0 unspecified atom stereocenters. The number of sulfonamides is 1. The second kappa shape index (κ2) is 4.61. The summed E-state index contributed by atoms with van der Waals surface area (Å²) < 4.78 is 61.2. The third-order valence-corrected chi connectivity index (χ3v) is 3.62. The van der Waals surface area contributed by atoms with Crippen molar-refractivity contribution >= 4 is 16.0 Å². The third-order valence-electron chi connectivity index (χ3n) is 2.04. The van der Waals surface area contributed by atoms with Gasteiger partial charge in [-0.1, -0.05) is 0 Å². The highest BCUT2D eigenvalue weighted by molar-refractivity contribution is 7.89. The summed E-state index contributed by atoms with van der Waals surface area (Å²) in [7, 11) is -4.56. The molecule has 1 heterocycles. The Labute approximate surface area is 99.9 Å². The van der Waals surface area contributed by atoms with Gasteiger partial charge < -0.3 is 10.1 Å². The van der Waals surface area contributed by atoms with E-state index >= 15 is 0 Å². The Bertz CT molecular complexity index is 549. The molecule has 102 valence electrons. The number of aromatic amines is 1. The van der Waals surface area contributed by atoms with Gasteiger partial charge in [-0.15, -0.1) is 0 Å². The number of carbonyl (C=O) groups is 1. The van der Waals surface area contributed by atoms with Gasteiger partial charge in [0, 0.05) is 6.20 Å². The molecular formula is C8H9F3N2O4S. The maximum absolute atomic E-state index is 12.2. The van der Waals surface area contributed by atoms with E-state index < -0.39 is 38.8 Å². The van der Waals surface area contributed by atoms with Gasteiger partial charge in [-0.2, -0.15) is 17.9 Å². The van der Waals surface area contributed by atoms with E-state index in [4.69, 9.17) is 5.11 Å². The molecule has 18 heavy (non-hydrogen) atoms. The van der Waals surface area contributed by atoms with Gasteiger partial charge >= 0.3 is 12.1 Å². The van der Waals surface area contributed by atoms with Crippen molar-refractivity contribution in [2.75, 3.05) is 0 Å². The number of carboxylic acids is 1. The molecule has 1 aromatic heterocycles. The maximum atomic E-state index is 12.2. The van der Waals surface area contributed by atoms with Crippen LogP contribution in [0, 0.1) is 0 Å². The summed E-state index contributed by atoms with van der Waals surface area (Å²) in [6.45, 7) is 0.616. The van der Waals surface area contributed by atoms with Crippen LogP contribution in [0.1, 0.15) is 17.4 Å². The lowest BCUT2D eigenvalue weighted by Crippen LogP contribution is -2.43. The fourth-order valence-electron chi connectivity index (χ4n) is 1.11. The number of alkyl halides is 3. The lowest BCUT2D eigenvalue weighted by Gasteiger charge is -2.16. The van der Waals surface area contributed by atoms with Gasteiger partial charge in [0.25, 0.3) is 0 Å². The molecule has 0 aliphatic heterocycles. The predicted octanol–water partition coefficient (Wildman–Crippen LogP) is 0.942. The van der Waals surface area contributed by atoms with Crippen LogP contribution in [0.2, 0.25) is 0 Å². The summed E-state index contributed by atoms with van der Waals surface area (Å²) in [4.78, 5) is 12.0. The van der Waals surface area contributed by atoms with E-state index in [1.807, 2.05) is 0 Å². The lowest BCUT2D eigenvalue weighted by molar-refractivity contribution is -0.147. The summed E-state index contributed by atoms with van der Waals surface area (Å²) in [5.74, 6) is -1.58. The first-order chi connectivity index (χ1) is 8.05. The minimum atomic E-state index is -4.76. The van der Waals surface area contributed by atoms with Crippen LogP contribution in [-0.4, -0.2) is 36.7 Å². The highest BCUT2D eigenvalue weighted by Crippen LogP contribution is 2.22. The first-order valence-corrected chi connectivity index (χ1v) is 6.03. The van der Waals surface area contributed by atoms with Crippen molar-refractivity contribution < 1.29 is 31.5 Å². The van der Waals surface area contributed by atoms with Gasteiger partial charge in [0.05, 0.1) is 0 Å². The minimum Gasteiger partial charge on any atom is -0.477 e. The van der Waals surface area contributed by atoms with E-state index in [0.29, 0.717) is 6.92 Å². The predicted molar refractivity (Wildman–Crippen MR) is 53.6 cm³/mol. The van der Waals surface area contributed by atoms with Gasteiger partial charge in [0.2, 0.25) is 10.0 Å². The number of hydrogen-bond donors (Lipinski definition) is 3. The third kappa shape index (κ3) is 3.01. The van der Waals surface area contributed by atoms with Crippen molar-refractivity contribution in [3.8, 4) is 0 Å². The van der Waals surface area contributed by atoms with E-state index in [1.165, 1.54) is 4.72 Å². The summed E-state index contributed by atoms with van der Waals surface area (Å²) in [6, 6.07) is -1.45. The largest absolute Gasteiger partial charge is 0.477 e. The monoisotopic (exact) mass is 286 g/mol. The number of rotatable bonds is 4. The smallest absolute Gasteiger partial charge is 0.404 e. The van der Waals surface area contributed by atoms with Crippen LogP contribution in [0.15, 0.2) is 17.2 Å². The van der Waals surface area contributed by atoms with Crippen molar-refractivity contribution in [2.45, 2.75) is 24.0 Å². The molecule has 0 saturated heterocycles. The Morgan fingerprint density at radius 3 is 2.50 bits per heavy atom. The zero-order valence-electron chi connectivity index (χ0n) is 8.95. The van der Waals surface area contributed by atoms with Crippen LogP contribution < -0.4 is 4.72 Å². The van der Waals surface area contributed by atoms with Gasteiger partial charge in [0.15, 0.2) is 0 Å². The molecule has 0 fully saturated rings.